The Kier molecular flexibility index (Phi) is 6.93. The van der Waals surface area contributed by atoms with Gasteiger partial charge in [-0.05, 0) is 49.2 Å². The number of aryl methyl sites for hydroxylation is 1. The molecule has 35 heavy (non-hydrogen) atoms. The topological polar surface area (TPSA) is 64.4 Å². The number of amides is 1. The van der Waals surface area contributed by atoms with E-state index in [4.69, 9.17) is 4.74 Å². The predicted molar refractivity (Wildman–Crippen MR) is 121 cm³/mol. The molecule has 0 atom stereocenters. The minimum atomic E-state index is -4.67. The lowest BCUT2D eigenvalue weighted by atomic mass is 9.98. The second-order valence-electron chi connectivity index (χ2n) is 8.87. The number of benzene rings is 2. The van der Waals surface area contributed by atoms with Gasteiger partial charge in [-0.2, -0.15) is 18.3 Å². The average molecular weight is 491 g/mol. The van der Waals surface area contributed by atoms with Crippen molar-refractivity contribution in [2.24, 2.45) is 5.92 Å². The van der Waals surface area contributed by atoms with Crippen molar-refractivity contribution in [1.29, 1.82) is 0 Å². The van der Waals surface area contributed by atoms with Gasteiger partial charge in [-0.1, -0.05) is 0 Å². The van der Waals surface area contributed by atoms with Crippen LogP contribution in [0.2, 0.25) is 0 Å². The average Bonchev–Trinajstić information content (AvgIpc) is 3.15. The molecular weight excluding hydrogens is 466 g/mol. The fourth-order valence-corrected chi connectivity index (χ4v) is 4.28. The predicted octanol–water partition coefficient (Wildman–Crippen LogP) is 4.88. The number of aromatic nitrogens is 2. The van der Waals surface area contributed by atoms with E-state index in [1.165, 1.54) is 4.90 Å². The summed E-state index contributed by atoms with van der Waals surface area (Å²) in [5.41, 5.74) is 0.764. The number of likely N-dealkylation sites (tertiary alicyclic amines) is 1. The highest BCUT2D eigenvalue weighted by Crippen LogP contribution is 2.31. The molecule has 2 heterocycles. The van der Waals surface area contributed by atoms with Crippen LogP contribution in [0.4, 0.5) is 17.6 Å². The maximum Gasteiger partial charge on any atom is 0.416 e. The standard InChI is InChI=1S/C25H25F4N3O3/c1-15-8-22-17(9-20(15)23(33)4-3-7-35-2)14-32(30-22)13-16-11-31(12-16)24(34)19-6-5-18(10-21(19)26)25(27,28)29/h5-6,8-10,14,16H,3-4,7,11-13H2,1-2H3. The number of nitrogens with zero attached hydrogens (tertiary/aromatic N) is 3. The van der Waals surface area contributed by atoms with Gasteiger partial charge in [0, 0.05) is 62.8 Å². The van der Waals surface area contributed by atoms with E-state index < -0.39 is 23.5 Å². The first-order valence-electron chi connectivity index (χ1n) is 11.2. The Morgan fingerprint density at radius 3 is 2.54 bits per heavy atom. The minimum Gasteiger partial charge on any atom is -0.385 e. The summed E-state index contributed by atoms with van der Waals surface area (Å²) in [4.78, 5) is 26.5. The minimum absolute atomic E-state index is 0.0536. The highest BCUT2D eigenvalue weighted by atomic mass is 19.4. The van der Waals surface area contributed by atoms with Gasteiger partial charge in [0.25, 0.3) is 5.91 Å². The lowest BCUT2D eigenvalue weighted by molar-refractivity contribution is -0.137. The Labute approximate surface area is 199 Å². The third-order valence-corrected chi connectivity index (χ3v) is 6.17. The third-order valence-electron chi connectivity index (χ3n) is 6.17. The fraction of sp³-hybridized carbons (Fsp3) is 0.400. The van der Waals surface area contributed by atoms with Crippen LogP contribution >= 0.6 is 0 Å². The van der Waals surface area contributed by atoms with Gasteiger partial charge in [0.1, 0.15) is 5.82 Å². The van der Waals surface area contributed by atoms with E-state index in [0.29, 0.717) is 56.8 Å². The van der Waals surface area contributed by atoms with Crippen LogP contribution in [0.15, 0.2) is 36.5 Å². The van der Waals surface area contributed by atoms with Gasteiger partial charge in [0.05, 0.1) is 16.6 Å². The second kappa shape index (κ2) is 9.77. The van der Waals surface area contributed by atoms with E-state index >= 15 is 0 Å². The first kappa shape index (κ1) is 24.8. The van der Waals surface area contributed by atoms with Crippen molar-refractivity contribution in [3.63, 3.8) is 0 Å². The molecule has 0 radical (unpaired) electrons. The van der Waals surface area contributed by atoms with Crippen LogP contribution in [0, 0.1) is 18.7 Å². The van der Waals surface area contributed by atoms with Gasteiger partial charge in [-0.3, -0.25) is 14.3 Å². The third kappa shape index (κ3) is 5.37. The summed E-state index contributed by atoms with van der Waals surface area (Å²) in [6.45, 7) is 3.61. The number of methoxy groups -OCH3 is 1. The zero-order valence-corrected chi connectivity index (χ0v) is 19.4. The van der Waals surface area contributed by atoms with Crippen molar-refractivity contribution >= 4 is 22.6 Å². The summed E-state index contributed by atoms with van der Waals surface area (Å²) < 4.78 is 59.1. The summed E-state index contributed by atoms with van der Waals surface area (Å²) >= 11 is 0. The maximum atomic E-state index is 14.1. The van der Waals surface area contributed by atoms with Crippen LogP contribution in [-0.4, -0.2) is 53.2 Å². The number of ketones is 1. The van der Waals surface area contributed by atoms with Gasteiger partial charge in [0.2, 0.25) is 0 Å². The van der Waals surface area contributed by atoms with E-state index in [1.807, 2.05) is 25.3 Å². The molecule has 6 nitrogen and oxygen atoms in total. The molecule has 186 valence electrons. The van der Waals surface area contributed by atoms with Gasteiger partial charge >= 0.3 is 6.18 Å². The number of carbonyl (C=O) groups excluding carboxylic acids is 2. The van der Waals surface area contributed by atoms with Crippen LogP contribution < -0.4 is 0 Å². The zero-order chi connectivity index (χ0) is 25.3. The Bertz CT molecular complexity index is 1260. The number of fused-ring (bicyclic) bond motifs is 1. The lowest BCUT2D eigenvalue weighted by Gasteiger charge is -2.39. The molecule has 0 aliphatic carbocycles. The summed E-state index contributed by atoms with van der Waals surface area (Å²) in [5.74, 6) is -1.69. The fourth-order valence-electron chi connectivity index (χ4n) is 4.28. The van der Waals surface area contributed by atoms with Crippen LogP contribution in [0.3, 0.4) is 0 Å². The van der Waals surface area contributed by atoms with Gasteiger partial charge in [-0.15, -0.1) is 0 Å². The molecule has 10 heteroatoms. The van der Waals surface area contributed by atoms with Crippen LogP contribution in [0.1, 0.15) is 44.7 Å². The molecule has 1 aliphatic rings. The van der Waals surface area contributed by atoms with Crippen molar-refractivity contribution in [3.8, 4) is 0 Å². The Hall–Kier alpha value is -3.27. The molecule has 0 bridgehead atoms. The lowest BCUT2D eigenvalue weighted by Crippen LogP contribution is -2.51. The molecule has 0 spiro atoms. The summed E-state index contributed by atoms with van der Waals surface area (Å²) in [5, 5.41) is 5.40. The number of carbonyl (C=O) groups is 2. The molecule has 0 N–H and O–H groups in total. The van der Waals surface area contributed by atoms with Crippen molar-refractivity contribution < 1.29 is 31.9 Å². The van der Waals surface area contributed by atoms with Crippen LogP contribution in [0.25, 0.3) is 10.9 Å². The van der Waals surface area contributed by atoms with Crippen molar-refractivity contribution in [3.05, 3.63) is 64.6 Å². The van der Waals surface area contributed by atoms with E-state index in [2.05, 4.69) is 5.10 Å². The molecule has 0 saturated carbocycles. The Morgan fingerprint density at radius 2 is 1.89 bits per heavy atom. The summed E-state index contributed by atoms with van der Waals surface area (Å²) in [7, 11) is 1.60. The molecular formula is C25H25F4N3O3. The molecule has 2 aromatic carbocycles. The smallest absolute Gasteiger partial charge is 0.385 e. The van der Waals surface area contributed by atoms with E-state index in [9.17, 15) is 27.2 Å². The van der Waals surface area contributed by atoms with E-state index in [-0.39, 0.29) is 17.3 Å². The first-order chi connectivity index (χ1) is 16.6. The molecule has 3 aromatic rings. The van der Waals surface area contributed by atoms with Crippen molar-refractivity contribution in [2.45, 2.75) is 32.5 Å². The second-order valence-corrected chi connectivity index (χ2v) is 8.87. The molecule has 1 amide bonds. The first-order valence-corrected chi connectivity index (χ1v) is 11.2. The zero-order valence-electron chi connectivity index (χ0n) is 19.4. The molecule has 1 aromatic heterocycles. The quantitative estimate of drug-likeness (QED) is 0.256. The monoisotopic (exact) mass is 491 g/mol. The van der Waals surface area contributed by atoms with E-state index in [1.54, 1.807) is 11.8 Å². The summed E-state index contributed by atoms with van der Waals surface area (Å²) in [6.07, 6.45) is -1.77. The van der Waals surface area contributed by atoms with E-state index in [0.717, 1.165) is 22.5 Å². The largest absolute Gasteiger partial charge is 0.416 e. The van der Waals surface area contributed by atoms with Gasteiger partial charge in [0.15, 0.2) is 5.78 Å². The molecule has 1 fully saturated rings. The Morgan fingerprint density at radius 1 is 1.14 bits per heavy atom. The van der Waals surface area contributed by atoms with Crippen molar-refractivity contribution in [1.82, 2.24) is 14.7 Å². The highest BCUT2D eigenvalue weighted by molar-refractivity contribution is 6.00. The van der Waals surface area contributed by atoms with Gasteiger partial charge < -0.3 is 9.64 Å². The van der Waals surface area contributed by atoms with Crippen LogP contribution in [0.5, 0.6) is 0 Å². The maximum absolute atomic E-state index is 14.1. The number of alkyl halides is 3. The SMILES string of the molecule is COCCCC(=O)c1cc2cn(CC3CN(C(=O)c4ccc(C(F)(F)F)cc4F)C3)nc2cc1C. The van der Waals surface area contributed by atoms with Crippen LogP contribution in [-0.2, 0) is 17.5 Å². The summed E-state index contributed by atoms with van der Waals surface area (Å²) in [6, 6.07) is 5.65. The molecule has 1 saturated heterocycles. The number of ether oxygens (including phenoxy) is 1. The number of hydrogen-bond donors (Lipinski definition) is 0. The number of Topliss-reactive ketones (excluding diaryl/α,β-unsaturated/α-hetero) is 1. The number of hydrogen-bond acceptors (Lipinski definition) is 4. The normalized spacial score (nSPS) is 14.4. The highest BCUT2D eigenvalue weighted by Gasteiger charge is 2.35. The number of rotatable bonds is 8. The van der Waals surface area contributed by atoms with Crippen molar-refractivity contribution in [2.75, 3.05) is 26.8 Å². The molecule has 0 unspecified atom stereocenters. The molecule has 1 aliphatic heterocycles. The Balaban J connectivity index is 1.38. The number of halogens is 4. The van der Waals surface area contributed by atoms with Gasteiger partial charge in [-0.25, -0.2) is 4.39 Å². The molecule has 4 rings (SSSR count).